The lowest BCUT2D eigenvalue weighted by molar-refractivity contribution is 0.279. The van der Waals surface area contributed by atoms with Crippen molar-refractivity contribution in [2.24, 2.45) is 11.8 Å². The van der Waals surface area contributed by atoms with Gasteiger partial charge in [0.05, 0.1) is 0 Å². The molecule has 0 amide bonds. The molecule has 2 fully saturated rings. The van der Waals surface area contributed by atoms with Crippen LogP contribution in [0.5, 0.6) is 0 Å². The average Bonchev–Trinajstić information content (AvgIpc) is 2.46. The fraction of sp³-hybridized carbons (Fsp3) is 1.00. The Morgan fingerprint density at radius 1 is 1.27 bits per heavy atom. The van der Waals surface area contributed by atoms with E-state index in [-0.39, 0.29) is 6.67 Å². The lowest BCUT2D eigenvalue weighted by Crippen LogP contribution is -2.27. The van der Waals surface area contributed by atoms with Gasteiger partial charge in [-0.05, 0) is 24.9 Å². The van der Waals surface area contributed by atoms with E-state index >= 15 is 0 Å². The summed E-state index contributed by atoms with van der Waals surface area (Å²) < 4.78 is 12.0. The summed E-state index contributed by atoms with van der Waals surface area (Å²) in [5.74, 6) is 1.61. The van der Waals surface area contributed by atoms with Crippen molar-refractivity contribution in [3.63, 3.8) is 0 Å². The van der Waals surface area contributed by atoms with Gasteiger partial charge in [-0.3, -0.25) is 0 Å². The number of halogens is 1. The van der Waals surface area contributed by atoms with Gasteiger partial charge in [0.1, 0.15) is 6.67 Å². The van der Waals surface area contributed by atoms with Crippen LogP contribution in [0.1, 0.15) is 0 Å². The van der Waals surface area contributed by atoms with E-state index in [2.05, 4.69) is 10.2 Å². The summed E-state index contributed by atoms with van der Waals surface area (Å²) >= 11 is 0. The van der Waals surface area contributed by atoms with E-state index in [4.69, 9.17) is 0 Å². The van der Waals surface area contributed by atoms with Crippen molar-refractivity contribution in [1.82, 2.24) is 10.2 Å². The van der Waals surface area contributed by atoms with Crippen LogP contribution >= 0.6 is 0 Å². The van der Waals surface area contributed by atoms with Gasteiger partial charge in [-0.2, -0.15) is 0 Å². The number of hydrogen-bond donors (Lipinski definition) is 1. The van der Waals surface area contributed by atoms with Crippen molar-refractivity contribution in [3.05, 3.63) is 0 Å². The smallest absolute Gasteiger partial charge is 0.102 e. The van der Waals surface area contributed by atoms with E-state index in [0.717, 1.165) is 38.0 Å². The van der Waals surface area contributed by atoms with Crippen molar-refractivity contribution in [1.29, 1.82) is 0 Å². The van der Waals surface area contributed by atoms with Gasteiger partial charge in [0.15, 0.2) is 0 Å². The molecule has 0 radical (unpaired) electrons. The first-order chi connectivity index (χ1) is 5.40. The highest BCUT2D eigenvalue weighted by atomic mass is 19.1. The molecule has 64 valence electrons. The monoisotopic (exact) mass is 158 g/mol. The summed E-state index contributed by atoms with van der Waals surface area (Å²) in [4.78, 5) is 2.25. The molecule has 2 atom stereocenters. The van der Waals surface area contributed by atoms with Crippen LogP contribution in [0.15, 0.2) is 0 Å². The number of nitrogens with one attached hydrogen (secondary N) is 1. The third kappa shape index (κ3) is 1.40. The largest absolute Gasteiger partial charge is 0.316 e. The molecule has 0 bridgehead atoms. The van der Waals surface area contributed by atoms with Crippen LogP contribution in [0.25, 0.3) is 0 Å². The molecule has 0 aliphatic carbocycles. The normalized spacial score (nSPS) is 37.9. The Labute approximate surface area is 66.8 Å². The number of rotatable bonds is 2. The maximum Gasteiger partial charge on any atom is 0.102 e. The third-order valence-corrected chi connectivity index (χ3v) is 2.87. The molecule has 0 aromatic rings. The summed E-state index contributed by atoms with van der Waals surface area (Å²) in [5.41, 5.74) is 0. The van der Waals surface area contributed by atoms with Crippen molar-refractivity contribution in [2.75, 3.05) is 39.4 Å². The molecule has 2 nitrogen and oxygen atoms in total. The van der Waals surface area contributed by atoms with Crippen LogP contribution in [0.2, 0.25) is 0 Å². The van der Waals surface area contributed by atoms with Gasteiger partial charge in [0.2, 0.25) is 0 Å². The molecule has 0 spiro atoms. The predicted molar refractivity (Wildman–Crippen MR) is 42.3 cm³/mol. The molecule has 0 aromatic heterocycles. The Bertz CT molecular complexity index is 128. The molecule has 2 aliphatic rings. The first kappa shape index (κ1) is 7.50. The highest BCUT2D eigenvalue weighted by Crippen LogP contribution is 2.25. The van der Waals surface area contributed by atoms with Gasteiger partial charge >= 0.3 is 0 Å². The Kier molecular flexibility index (Phi) is 2.09. The summed E-state index contributed by atoms with van der Waals surface area (Å²) in [6.07, 6.45) is 0. The minimum Gasteiger partial charge on any atom is -0.316 e. The average molecular weight is 158 g/mol. The summed E-state index contributed by atoms with van der Waals surface area (Å²) in [6, 6.07) is 0. The van der Waals surface area contributed by atoms with Crippen molar-refractivity contribution >= 4 is 0 Å². The van der Waals surface area contributed by atoms with Crippen LogP contribution in [-0.4, -0.2) is 44.3 Å². The topological polar surface area (TPSA) is 15.3 Å². The van der Waals surface area contributed by atoms with Gasteiger partial charge in [-0.1, -0.05) is 0 Å². The first-order valence-corrected chi connectivity index (χ1v) is 4.39. The van der Waals surface area contributed by atoms with E-state index < -0.39 is 0 Å². The third-order valence-electron chi connectivity index (χ3n) is 2.87. The number of nitrogens with zero attached hydrogens (tertiary/aromatic N) is 1. The lowest BCUT2D eigenvalue weighted by atomic mass is 10.0. The Morgan fingerprint density at radius 2 is 1.91 bits per heavy atom. The molecule has 2 saturated heterocycles. The summed E-state index contributed by atoms with van der Waals surface area (Å²) in [6.45, 7) is 4.98. The number of hydrogen-bond acceptors (Lipinski definition) is 2. The number of alkyl halides is 1. The Balaban J connectivity index is 1.84. The lowest BCUT2D eigenvalue weighted by Gasteiger charge is -2.13. The summed E-state index contributed by atoms with van der Waals surface area (Å²) in [5, 5.41) is 3.37. The Morgan fingerprint density at radius 3 is 2.45 bits per heavy atom. The molecule has 0 aromatic carbocycles. The fourth-order valence-electron chi connectivity index (χ4n) is 2.25. The van der Waals surface area contributed by atoms with Crippen molar-refractivity contribution in [3.8, 4) is 0 Å². The van der Waals surface area contributed by atoms with E-state index in [1.165, 1.54) is 0 Å². The van der Waals surface area contributed by atoms with Gasteiger partial charge in [0.25, 0.3) is 0 Å². The SMILES string of the molecule is FCCN1C[C@H]2CNC[C@H]2C1. The Hall–Kier alpha value is -0.150. The van der Waals surface area contributed by atoms with Crippen LogP contribution in [0.4, 0.5) is 4.39 Å². The van der Waals surface area contributed by atoms with E-state index in [9.17, 15) is 4.39 Å². The first-order valence-electron chi connectivity index (χ1n) is 4.39. The quantitative estimate of drug-likeness (QED) is 0.613. The van der Waals surface area contributed by atoms with E-state index in [1.54, 1.807) is 0 Å². The minimum atomic E-state index is -0.188. The molecular weight excluding hydrogens is 143 g/mol. The number of likely N-dealkylation sites (tertiary alicyclic amines) is 1. The zero-order valence-corrected chi connectivity index (χ0v) is 6.72. The molecule has 11 heavy (non-hydrogen) atoms. The predicted octanol–water partition coefficient (Wildman–Crippen LogP) is 0.107. The molecule has 2 heterocycles. The molecule has 0 unspecified atom stereocenters. The van der Waals surface area contributed by atoms with Crippen LogP contribution in [0, 0.1) is 11.8 Å². The van der Waals surface area contributed by atoms with E-state index in [0.29, 0.717) is 6.54 Å². The molecular formula is C8H15FN2. The second-order valence-corrected chi connectivity index (χ2v) is 3.63. The molecule has 2 rings (SSSR count). The molecule has 0 saturated carbocycles. The highest BCUT2D eigenvalue weighted by Gasteiger charge is 2.35. The summed E-state index contributed by atoms with van der Waals surface area (Å²) in [7, 11) is 0. The maximum atomic E-state index is 12.0. The van der Waals surface area contributed by atoms with Crippen LogP contribution < -0.4 is 5.32 Å². The second kappa shape index (κ2) is 3.07. The second-order valence-electron chi connectivity index (χ2n) is 3.63. The minimum absolute atomic E-state index is 0.188. The van der Waals surface area contributed by atoms with Gasteiger partial charge in [-0.15, -0.1) is 0 Å². The van der Waals surface area contributed by atoms with Gasteiger partial charge in [0, 0.05) is 19.6 Å². The zero-order valence-electron chi connectivity index (χ0n) is 6.72. The molecule has 1 N–H and O–H groups in total. The van der Waals surface area contributed by atoms with Crippen molar-refractivity contribution < 1.29 is 4.39 Å². The maximum absolute atomic E-state index is 12.0. The zero-order chi connectivity index (χ0) is 7.68. The van der Waals surface area contributed by atoms with Crippen LogP contribution in [0.3, 0.4) is 0 Å². The standard InChI is InChI=1S/C8H15FN2/c9-1-2-11-5-7-3-10-4-8(7)6-11/h7-8,10H,1-6H2/t7-,8+. The van der Waals surface area contributed by atoms with Gasteiger partial charge in [-0.25, -0.2) is 4.39 Å². The highest BCUT2D eigenvalue weighted by molar-refractivity contribution is 4.90. The molecule has 2 aliphatic heterocycles. The van der Waals surface area contributed by atoms with Gasteiger partial charge < -0.3 is 10.2 Å². The number of fused-ring (bicyclic) bond motifs is 1. The van der Waals surface area contributed by atoms with E-state index in [1.807, 2.05) is 0 Å². The van der Waals surface area contributed by atoms with Crippen molar-refractivity contribution in [2.45, 2.75) is 0 Å². The molecule has 3 heteroatoms. The fourth-order valence-corrected chi connectivity index (χ4v) is 2.25. The van der Waals surface area contributed by atoms with Crippen LogP contribution in [-0.2, 0) is 0 Å².